The summed E-state index contributed by atoms with van der Waals surface area (Å²) in [4.78, 5) is 26.2. The average Bonchev–Trinajstić information content (AvgIpc) is 2.90. The Morgan fingerprint density at radius 3 is 2.74 bits per heavy atom. The number of hydrogen-bond acceptors (Lipinski definition) is 5. The highest BCUT2D eigenvalue weighted by molar-refractivity contribution is 5.99. The monoisotopic (exact) mass is 264 g/mol. The molecule has 0 atom stereocenters. The Labute approximate surface area is 110 Å². The number of hydrogen-bond donors (Lipinski definition) is 2. The van der Waals surface area contributed by atoms with Crippen LogP contribution in [-0.2, 0) is 0 Å². The Morgan fingerprint density at radius 2 is 2.16 bits per heavy atom. The number of pyridine rings is 1. The number of nitrogens with one attached hydrogen (secondary N) is 2. The van der Waals surface area contributed by atoms with Crippen LogP contribution in [0.5, 0.6) is 0 Å². The highest BCUT2D eigenvalue weighted by atomic mass is 16.6. The van der Waals surface area contributed by atoms with Crippen LogP contribution in [0.25, 0.3) is 0 Å². The molecule has 0 aromatic carbocycles. The summed E-state index contributed by atoms with van der Waals surface area (Å²) in [6.07, 6.45) is 5.28. The lowest BCUT2D eigenvalue weighted by molar-refractivity contribution is -0.385. The Kier molecular flexibility index (Phi) is 3.94. The highest BCUT2D eigenvalue weighted by Gasteiger charge is 2.22. The van der Waals surface area contributed by atoms with Gasteiger partial charge in [-0.25, -0.2) is 4.98 Å². The van der Waals surface area contributed by atoms with Gasteiger partial charge in [-0.3, -0.25) is 14.9 Å². The SMILES string of the molecule is CNc1ncc([N+](=O)[O-])cc1C(=O)NC1CCCC1. The van der Waals surface area contributed by atoms with E-state index in [1.54, 1.807) is 7.05 Å². The van der Waals surface area contributed by atoms with Crippen LogP contribution in [-0.4, -0.2) is 28.9 Å². The highest BCUT2D eigenvalue weighted by Crippen LogP contribution is 2.21. The van der Waals surface area contributed by atoms with Gasteiger partial charge >= 0.3 is 0 Å². The lowest BCUT2D eigenvalue weighted by Crippen LogP contribution is -2.33. The van der Waals surface area contributed by atoms with E-state index >= 15 is 0 Å². The Morgan fingerprint density at radius 1 is 1.47 bits per heavy atom. The van der Waals surface area contributed by atoms with Gasteiger partial charge in [0.2, 0.25) is 0 Å². The van der Waals surface area contributed by atoms with Gasteiger partial charge in [-0.05, 0) is 12.8 Å². The number of aromatic nitrogens is 1. The summed E-state index contributed by atoms with van der Waals surface area (Å²) in [6, 6.07) is 1.42. The van der Waals surface area contributed by atoms with Gasteiger partial charge < -0.3 is 10.6 Å². The molecule has 1 aliphatic rings. The summed E-state index contributed by atoms with van der Waals surface area (Å²) >= 11 is 0. The molecule has 0 unspecified atom stereocenters. The molecule has 2 rings (SSSR count). The molecule has 0 aliphatic heterocycles. The molecule has 102 valence electrons. The Balaban J connectivity index is 2.22. The van der Waals surface area contributed by atoms with Crippen molar-refractivity contribution >= 4 is 17.4 Å². The van der Waals surface area contributed by atoms with Gasteiger partial charge in [0.25, 0.3) is 11.6 Å². The average molecular weight is 264 g/mol. The van der Waals surface area contributed by atoms with Crippen molar-refractivity contribution in [2.45, 2.75) is 31.7 Å². The Bertz CT molecular complexity index is 498. The van der Waals surface area contributed by atoms with Gasteiger partial charge in [0.05, 0.1) is 10.5 Å². The Hall–Kier alpha value is -2.18. The van der Waals surface area contributed by atoms with E-state index in [1.807, 2.05) is 0 Å². The second-order valence-corrected chi connectivity index (χ2v) is 4.55. The summed E-state index contributed by atoms with van der Waals surface area (Å²) in [6.45, 7) is 0. The smallest absolute Gasteiger partial charge is 0.288 e. The summed E-state index contributed by atoms with van der Waals surface area (Å²) in [5.74, 6) is 0.0357. The van der Waals surface area contributed by atoms with E-state index in [1.165, 1.54) is 6.07 Å². The summed E-state index contributed by atoms with van der Waals surface area (Å²) in [7, 11) is 1.63. The molecule has 0 bridgehead atoms. The van der Waals surface area contributed by atoms with Crippen LogP contribution in [0.15, 0.2) is 12.3 Å². The van der Waals surface area contributed by atoms with E-state index in [4.69, 9.17) is 0 Å². The number of amides is 1. The molecular formula is C12H16N4O3. The van der Waals surface area contributed by atoms with Crippen molar-refractivity contribution in [3.05, 3.63) is 27.9 Å². The molecule has 1 aromatic rings. The van der Waals surface area contributed by atoms with E-state index < -0.39 is 4.92 Å². The second kappa shape index (κ2) is 5.64. The van der Waals surface area contributed by atoms with Crippen LogP contribution in [0.3, 0.4) is 0 Å². The zero-order valence-electron chi connectivity index (χ0n) is 10.7. The van der Waals surface area contributed by atoms with Crippen LogP contribution < -0.4 is 10.6 Å². The third kappa shape index (κ3) is 2.98. The maximum atomic E-state index is 12.1. The maximum Gasteiger partial charge on any atom is 0.288 e. The molecule has 1 amide bonds. The first-order valence-electron chi connectivity index (χ1n) is 6.25. The number of nitro groups is 1. The summed E-state index contributed by atoms with van der Waals surface area (Å²) < 4.78 is 0. The molecule has 1 aliphatic carbocycles. The molecule has 0 radical (unpaired) electrons. The van der Waals surface area contributed by atoms with Crippen LogP contribution in [0.2, 0.25) is 0 Å². The molecule has 7 nitrogen and oxygen atoms in total. The topological polar surface area (TPSA) is 97.2 Å². The van der Waals surface area contributed by atoms with Crippen molar-refractivity contribution in [2.75, 3.05) is 12.4 Å². The largest absolute Gasteiger partial charge is 0.372 e. The number of carbonyl (C=O) groups excluding carboxylic acids is 1. The normalized spacial score (nSPS) is 15.2. The van der Waals surface area contributed by atoms with Crippen molar-refractivity contribution in [2.24, 2.45) is 0 Å². The van der Waals surface area contributed by atoms with Crippen LogP contribution in [0.1, 0.15) is 36.0 Å². The molecule has 7 heteroatoms. The molecule has 1 aromatic heterocycles. The fourth-order valence-electron chi connectivity index (χ4n) is 2.26. The minimum atomic E-state index is -0.557. The van der Waals surface area contributed by atoms with Gasteiger partial charge in [0.15, 0.2) is 0 Å². The molecule has 0 spiro atoms. The zero-order chi connectivity index (χ0) is 13.8. The third-order valence-electron chi connectivity index (χ3n) is 3.26. The maximum absolute atomic E-state index is 12.1. The first-order valence-corrected chi connectivity index (χ1v) is 6.25. The number of carbonyl (C=O) groups is 1. The van der Waals surface area contributed by atoms with E-state index in [2.05, 4.69) is 15.6 Å². The molecular weight excluding hydrogens is 248 g/mol. The van der Waals surface area contributed by atoms with Gasteiger partial charge in [-0.2, -0.15) is 0 Å². The minimum Gasteiger partial charge on any atom is -0.372 e. The number of anilines is 1. The summed E-state index contributed by atoms with van der Waals surface area (Å²) in [5, 5.41) is 16.4. The molecule has 1 heterocycles. The lowest BCUT2D eigenvalue weighted by Gasteiger charge is -2.13. The van der Waals surface area contributed by atoms with E-state index in [9.17, 15) is 14.9 Å². The van der Waals surface area contributed by atoms with Crippen molar-refractivity contribution in [1.82, 2.24) is 10.3 Å². The second-order valence-electron chi connectivity index (χ2n) is 4.55. The van der Waals surface area contributed by atoms with Crippen molar-refractivity contribution < 1.29 is 9.72 Å². The van der Waals surface area contributed by atoms with Crippen LogP contribution >= 0.6 is 0 Å². The molecule has 19 heavy (non-hydrogen) atoms. The zero-order valence-corrected chi connectivity index (χ0v) is 10.7. The fraction of sp³-hybridized carbons (Fsp3) is 0.500. The first-order chi connectivity index (χ1) is 9.11. The summed E-state index contributed by atoms with van der Waals surface area (Å²) in [5.41, 5.74) is 0.0270. The van der Waals surface area contributed by atoms with Crippen molar-refractivity contribution in [1.29, 1.82) is 0 Å². The van der Waals surface area contributed by atoms with Crippen molar-refractivity contribution in [3.63, 3.8) is 0 Å². The molecule has 1 fully saturated rings. The first kappa shape index (κ1) is 13.3. The minimum absolute atomic E-state index is 0.163. The fourth-order valence-corrected chi connectivity index (χ4v) is 2.26. The molecule has 2 N–H and O–H groups in total. The van der Waals surface area contributed by atoms with E-state index in [0.29, 0.717) is 5.82 Å². The standard InChI is InChI=1S/C12H16N4O3/c1-13-11-10(6-9(7-14-11)16(18)19)12(17)15-8-4-2-3-5-8/h6-8H,2-5H2,1H3,(H,13,14)(H,15,17). The molecule has 0 saturated heterocycles. The van der Waals surface area contributed by atoms with E-state index in [-0.39, 0.29) is 23.2 Å². The van der Waals surface area contributed by atoms with Gasteiger partial charge in [-0.1, -0.05) is 12.8 Å². The van der Waals surface area contributed by atoms with Crippen LogP contribution in [0, 0.1) is 10.1 Å². The van der Waals surface area contributed by atoms with Crippen LogP contribution in [0.4, 0.5) is 11.5 Å². The third-order valence-corrected chi connectivity index (χ3v) is 3.26. The predicted molar refractivity (Wildman–Crippen MR) is 70.2 cm³/mol. The van der Waals surface area contributed by atoms with Crippen molar-refractivity contribution in [3.8, 4) is 0 Å². The van der Waals surface area contributed by atoms with Gasteiger partial charge in [0, 0.05) is 19.2 Å². The number of rotatable bonds is 4. The lowest BCUT2D eigenvalue weighted by atomic mass is 10.2. The predicted octanol–water partition coefficient (Wildman–Crippen LogP) is 1.70. The molecule has 1 saturated carbocycles. The number of nitrogens with zero attached hydrogens (tertiary/aromatic N) is 2. The van der Waals surface area contributed by atoms with Gasteiger partial charge in [0.1, 0.15) is 12.0 Å². The van der Waals surface area contributed by atoms with E-state index in [0.717, 1.165) is 31.9 Å². The quantitative estimate of drug-likeness (QED) is 0.637. The van der Waals surface area contributed by atoms with Gasteiger partial charge in [-0.15, -0.1) is 0 Å².